The van der Waals surface area contributed by atoms with E-state index in [2.05, 4.69) is 39.0 Å². The maximum Gasteiger partial charge on any atom is 0.222 e. The molecule has 0 saturated heterocycles. The number of benzene rings is 1. The van der Waals surface area contributed by atoms with Gasteiger partial charge in [-0.1, -0.05) is 31.2 Å². The van der Waals surface area contributed by atoms with Crippen LogP contribution in [-0.2, 0) is 6.42 Å². The summed E-state index contributed by atoms with van der Waals surface area (Å²) in [6.07, 6.45) is 2.62. The van der Waals surface area contributed by atoms with Gasteiger partial charge in [-0.3, -0.25) is 0 Å². The van der Waals surface area contributed by atoms with Crippen molar-refractivity contribution in [2.45, 2.75) is 13.3 Å². The standard InChI is InChI=1S/C13H13N5/c1-2-8-3-5-9(6-4-8)10-11-12(16-7-15-11)18-13(14)17-10/h3-7H,2H2,1H3,(H3,14,15,16,17,18). The molecule has 0 aliphatic rings. The molecular weight excluding hydrogens is 226 g/mol. The molecule has 3 rings (SSSR count). The Bertz CT molecular complexity index is 684. The molecule has 0 aliphatic carbocycles. The van der Waals surface area contributed by atoms with Gasteiger partial charge in [-0.25, -0.2) is 9.97 Å². The Balaban J connectivity index is 2.20. The van der Waals surface area contributed by atoms with Gasteiger partial charge in [0.25, 0.3) is 0 Å². The molecule has 0 radical (unpaired) electrons. The highest BCUT2D eigenvalue weighted by atomic mass is 15.1. The summed E-state index contributed by atoms with van der Waals surface area (Å²) in [5, 5.41) is 0. The van der Waals surface area contributed by atoms with Gasteiger partial charge in [0.15, 0.2) is 5.65 Å². The van der Waals surface area contributed by atoms with Crippen molar-refractivity contribution in [3.05, 3.63) is 36.2 Å². The molecule has 90 valence electrons. The number of imidazole rings is 1. The number of aromatic amines is 1. The minimum absolute atomic E-state index is 0.240. The predicted octanol–water partition coefficient (Wildman–Crippen LogP) is 2.16. The third-order valence-electron chi connectivity index (χ3n) is 2.94. The zero-order chi connectivity index (χ0) is 12.5. The monoisotopic (exact) mass is 239 g/mol. The predicted molar refractivity (Wildman–Crippen MR) is 70.9 cm³/mol. The molecule has 0 fully saturated rings. The summed E-state index contributed by atoms with van der Waals surface area (Å²) in [7, 11) is 0. The number of nitrogen functional groups attached to an aromatic ring is 1. The third-order valence-corrected chi connectivity index (χ3v) is 2.94. The highest BCUT2D eigenvalue weighted by Crippen LogP contribution is 2.24. The lowest BCUT2D eigenvalue weighted by molar-refractivity contribution is 1.14. The van der Waals surface area contributed by atoms with Gasteiger partial charge < -0.3 is 10.7 Å². The molecule has 0 spiro atoms. The average molecular weight is 239 g/mol. The van der Waals surface area contributed by atoms with Crippen LogP contribution >= 0.6 is 0 Å². The fourth-order valence-corrected chi connectivity index (χ4v) is 1.96. The second-order valence-corrected chi connectivity index (χ2v) is 4.08. The van der Waals surface area contributed by atoms with E-state index >= 15 is 0 Å². The maximum atomic E-state index is 5.70. The molecule has 3 aromatic rings. The quantitative estimate of drug-likeness (QED) is 0.718. The molecule has 5 nitrogen and oxygen atoms in total. The first-order valence-electron chi connectivity index (χ1n) is 5.84. The van der Waals surface area contributed by atoms with Crippen molar-refractivity contribution in [3.8, 4) is 11.3 Å². The van der Waals surface area contributed by atoms with E-state index in [1.165, 1.54) is 5.56 Å². The molecule has 0 unspecified atom stereocenters. The number of nitrogens with one attached hydrogen (secondary N) is 1. The first-order valence-corrected chi connectivity index (χ1v) is 5.84. The average Bonchev–Trinajstić information content (AvgIpc) is 2.86. The van der Waals surface area contributed by atoms with Crippen molar-refractivity contribution in [2.24, 2.45) is 0 Å². The van der Waals surface area contributed by atoms with Crippen LogP contribution in [0.4, 0.5) is 5.95 Å². The van der Waals surface area contributed by atoms with E-state index in [0.29, 0.717) is 5.65 Å². The number of nitrogens with zero attached hydrogens (tertiary/aromatic N) is 3. The highest BCUT2D eigenvalue weighted by Gasteiger charge is 2.10. The fourth-order valence-electron chi connectivity index (χ4n) is 1.96. The number of fused-ring (bicyclic) bond motifs is 1. The van der Waals surface area contributed by atoms with Gasteiger partial charge in [-0.2, -0.15) is 4.98 Å². The number of aromatic nitrogens is 4. The fraction of sp³-hybridized carbons (Fsp3) is 0.154. The van der Waals surface area contributed by atoms with E-state index in [1.807, 2.05) is 12.1 Å². The molecule has 0 bridgehead atoms. The summed E-state index contributed by atoms with van der Waals surface area (Å²) in [5.41, 5.74) is 10.2. The van der Waals surface area contributed by atoms with Gasteiger partial charge >= 0.3 is 0 Å². The van der Waals surface area contributed by atoms with Crippen LogP contribution in [0.3, 0.4) is 0 Å². The van der Waals surface area contributed by atoms with Crippen LogP contribution in [0.15, 0.2) is 30.6 Å². The maximum absolute atomic E-state index is 5.70. The number of aryl methyl sites for hydroxylation is 1. The van der Waals surface area contributed by atoms with E-state index in [-0.39, 0.29) is 5.95 Å². The second-order valence-electron chi connectivity index (χ2n) is 4.08. The zero-order valence-corrected chi connectivity index (χ0v) is 10.0. The Kier molecular flexibility index (Phi) is 2.44. The van der Waals surface area contributed by atoms with Gasteiger partial charge in [-0.15, -0.1) is 0 Å². The van der Waals surface area contributed by atoms with Crippen molar-refractivity contribution in [3.63, 3.8) is 0 Å². The van der Waals surface area contributed by atoms with Crippen molar-refractivity contribution >= 4 is 17.1 Å². The largest absolute Gasteiger partial charge is 0.368 e. The van der Waals surface area contributed by atoms with Gasteiger partial charge in [0.1, 0.15) is 11.2 Å². The van der Waals surface area contributed by atoms with Crippen LogP contribution < -0.4 is 5.73 Å². The Morgan fingerprint density at radius 1 is 1.17 bits per heavy atom. The molecule has 0 aliphatic heterocycles. The van der Waals surface area contributed by atoms with Crippen LogP contribution in [0.1, 0.15) is 12.5 Å². The molecule has 2 heterocycles. The normalized spacial score (nSPS) is 10.9. The van der Waals surface area contributed by atoms with Gasteiger partial charge in [-0.05, 0) is 12.0 Å². The zero-order valence-electron chi connectivity index (χ0n) is 10.0. The summed E-state index contributed by atoms with van der Waals surface area (Å²) in [4.78, 5) is 15.5. The minimum atomic E-state index is 0.240. The molecule has 1 aromatic carbocycles. The lowest BCUT2D eigenvalue weighted by Crippen LogP contribution is -1.97. The van der Waals surface area contributed by atoms with Gasteiger partial charge in [0.2, 0.25) is 5.95 Å². The number of rotatable bonds is 2. The molecule has 3 N–H and O–H groups in total. The Morgan fingerprint density at radius 2 is 1.94 bits per heavy atom. The SMILES string of the molecule is CCc1ccc(-c2nc(N)nc3nc[nH]c23)cc1. The number of H-pyrrole nitrogens is 1. The summed E-state index contributed by atoms with van der Waals surface area (Å²) in [5.74, 6) is 0.240. The summed E-state index contributed by atoms with van der Waals surface area (Å²) in [6.45, 7) is 2.13. The van der Waals surface area contributed by atoms with Crippen molar-refractivity contribution in [1.82, 2.24) is 19.9 Å². The van der Waals surface area contributed by atoms with Crippen molar-refractivity contribution < 1.29 is 0 Å². The molecule has 0 amide bonds. The molecular formula is C13H13N5. The number of anilines is 1. The van der Waals surface area contributed by atoms with Gasteiger partial charge in [0, 0.05) is 5.56 Å². The smallest absolute Gasteiger partial charge is 0.222 e. The molecule has 0 atom stereocenters. The van der Waals surface area contributed by atoms with Gasteiger partial charge in [0.05, 0.1) is 6.33 Å². The molecule has 18 heavy (non-hydrogen) atoms. The summed E-state index contributed by atoms with van der Waals surface area (Å²) < 4.78 is 0. The van der Waals surface area contributed by atoms with Crippen molar-refractivity contribution in [1.29, 1.82) is 0 Å². The lowest BCUT2D eigenvalue weighted by Gasteiger charge is -2.04. The molecule has 0 saturated carbocycles. The van der Waals surface area contributed by atoms with Crippen molar-refractivity contribution in [2.75, 3.05) is 5.73 Å². The highest BCUT2D eigenvalue weighted by molar-refractivity contribution is 5.87. The Labute approximate surface area is 104 Å². The Hall–Kier alpha value is -2.43. The minimum Gasteiger partial charge on any atom is -0.368 e. The number of hydrogen-bond acceptors (Lipinski definition) is 4. The first kappa shape index (κ1) is 10.7. The van der Waals surface area contributed by atoms with E-state index in [0.717, 1.165) is 23.2 Å². The lowest BCUT2D eigenvalue weighted by atomic mass is 10.1. The van der Waals surface area contributed by atoms with E-state index in [9.17, 15) is 0 Å². The van der Waals surface area contributed by atoms with E-state index < -0.39 is 0 Å². The second kappa shape index (κ2) is 4.10. The van der Waals surface area contributed by atoms with Crippen LogP contribution in [0.5, 0.6) is 0 Å². The van der Waals surface area contributed by atoms with Crippen LogP contribution in [0, 0.1) is 0 Å². The molecule has 2 aromatic heterocycles. The topological polar surface area (TPSA) is 80.5 Å². The first-order chi connectivity index (χ1) is 8.78. The molecule has 5 heteroatoms. The summed E-state index contributed by atoms with van der Waals surface area (Å²) >= 11 is 0. The van der Waals surface area contributed by atoms with E-state index in [4.69, 9.17) is 5.73 Å². The number of nitrogens with two attached hydrogens (primary N) is 1. The van der Waals surface area contributed by atoms with E-state index in [1.54, 1.807) is 6.33 Å². The number of hydrogen-bond donors (Lipinski definition) is 2. The Morgan fingerprint density at radius 3 is 2.67 bits per heavy atom. The van der Waals surface area contributed by atoms with Crippen LogP contribution in [0.25, 0.3) is 22.4 Å². The van der Waals surface area contributed by atoms with Crippen LogP contribution in [-0.4, -0.2) is 19.9 Å². The summed E-state index contributed by atoms with van der Waals surface area (Å²) in [6, 6.07) is 8.27. The third kappa shape index (κ3) is 1.69. The van der Waals surface area contributed by atoms with Crippen LogP contribution in [0.2, 0.25) is 0 Å².